The van der Waals surface area contributed by atoms with Crippen molar-refractivity contribution in [1.82, 2.24) is 5.32 Å². The Balaban J connectivity index is 1.35. The molecule has 3 aliphatic carbocycles. The number of nitrogens with zero attached hydrogens (tertiary/aromatic N) is 2. The fraction of sp³-hybridized carbons (Fsp3) is 0.500. The molecule has 4 aliphatic rings. The van der Waals surface area contributed by atoms with E-state index in [0.717, 1.165) is 25.2 Å². The Kier molecular flexibility index (Phi) is 2.32. The average molecular weight is 293 g/mol. The Bertz CT molecular complexity index is 744. The smallest absolute Gasteiger partial charge is 0.268 e. The number of hydrogen-bond donors (Lipinski definition) is 1. The van der Waals surface area contributed by atoms with Gasteiger partial charge in [0.05, 0.1) is 11.3 Å². The molecule has 3 fully saturated rings. The molecule has 4 nitrogen and oxygen atoms in total. The topological polar surface area (TPSA) is 53.8 Å². The van der Waals surface area contributed by atoms with Gasteiger partial charge in [0.15, 0.2) is 0 Å². The van der Waals surface area contributed by atoms with Crippen molar-refractivity contribution in [2.24, 2.45) is 28.0 Å². The molecule has 112 valence electrons. The zero-order valence-electron chi connectivity index (χ0n) is 12.7. The van der Waals surface area contributed by atoms with Gasteiger partial charge < -0.3 is 5.32 Å². The van der Waals surface area contributed by atoms with E-state index in [1.54, 1.807) is 0 Å². The van der Waals surface area contributed by atoms with Gasteiger partial charge in [0.2, 0.25) is 0 Å². The number of aryl methyl sites for hydroxylation is 1. The summed E-state index contributed by atoms with van der Waals surface area (Å²) < 4.78 is 0. The van der Waals surface area contributed by atoms with E-state index in [9.17, 15) is 4.79 Å². The lowest BCUT2D eigenvalue weighted by Crippen LogP contribution is -2.42. The zero-order chi connectivity index (χ0) is 14.9. The van der Waals surface area contributed by atoms with Crippen LogP contribution < -0.4 is 5.32 Å². The van der Waals surface area contributed by atoms with Crippen molar-refractivity contribution < 1.29 is 4.79 Å². The molecule has 22 heavy (non-hydrogen) atoms. The molecule has 4 heteroatoms. The van der Waals surface area contributed by atoms with E-state index in [1.165, 1.54) is 23.3 Å². The minimum absolute atomic E-state index is 0.0101. The predicted molar refractivity (Wildman–Crippen MR) is 84.8 cm³/mol. The fourth-order valence-corrected chi connectivity index (χ4v) is 4.17. The second-order valence-electron chi connectivity index (χ2n) is 7.31. The van der Waals surface area contributed by atoms with Crippen molar-refractivity contribution in [3.05, 3.63) is 35.4 Å². The minimum Gasteiger partial charge on any atom is -0.341 e. The maximum atomic E-state index is 12.7. The number of benzene rings is 1. The Labute approximate surface area is 129 Å². The number of nitrogens with one attached hydrogen (secondary N) is 1. The highest BCUT2D eigenvalue weighted by Crippen LogP contribution is 2.54. The first kappa shape index (κ1) is 12.6. The normalized spacial score (nSPS) is 32.7. The van der Waals surface area contributed by atoms with Crippen LogP contribution in [0.2, 0.25) is 0 Å². The summed E-state index contributed by atoms with van der Waals surface area (Å²) in [5, 5.41) is 11.8. The van der Waals surface area contributed by atoms with E-state index in [2.05, 4.69) is 46.7 Å². The third-order valence-electron chi connectivity index (χ3n) is 5.71. The number of amides is 1. The Hall–Kier alpha value is -1.97. The highest BCUT2D eigenvalue weighted by molar-refractivity contribution is 6.45. The lowest BCUT2D eigenvalue weighted by atomic mass is 9.95. The summed E-state index contributed by atoms with van der Waals surface area (Å²) >= 11 is 0. The molecule has 1 heterocycles. The zero-order valence-corrected chi connectivity index (χ0v) is 12.7. The van der Waals surface area contributed by atoms with E-state index < -0.39 is 0 Å². The van der Waals surface area contributed by atoms with Gasteiger partial charge in [-0.25, -0.2) is 0 Å². The summed E-state index contributed by atoms with van der Waals surface area (Å²) in [4.78, 5) is 12.7. The molecular formula is C18H19N3O. The lowest BCUT2D eigenvalue weighted by Gasteiger charge is -2.20. The number of carbonyl (C=O) groups excluding carboxylic acids is 1. The summed E-state index contributed by atoms with van der Waals surface area (Å²) in [6.07, 6.45) is 4.36. The Morgan fingerprint density at radius 1 is 1.27 bits per heavy atom. The van der Waals surface area contributed by atoms with Crippen LogP contribution in [0.25, 0.3) is 0 Å². The van der Waals surface area contributed by atoms with E-state index in [4.69, 9.17) is 0 Å². The molecule has 0 radical (unpaired) electrons. The van der Waals surface area contributed by atoms with Gasteiger partial charge in [-0.2, -0.15) is 5.10 Å². The number of fused-ring (bicyclic) bond motifs is 3. The maximum Gasteiger partial charge on any atom is 0.268 e. The molecule has 0 aromatic heterocycles. The highest BCUT2D eigenvalue weighted by atomic mass is 16.2. The molecule has 0 bridgehead atoms. The molecule has 3 unspecified atom stereocenters. The van der Waals surface area contributed by atoms with Gasteiger partial charge in [-0.15, -0.1) is 5.10 Å². The quantitative estimate of drug-likeness (QED) is 0.915. The summed E-state index contributed by atoms with van der Waals surface area (Å²) in [5.41, 5.74) is 4.11. The van der Waals surface area contributed by atoms with Crippen LogP contribution in [-0.2, 0) is 10.3 Å². The number of carbonyl (C=O) groups is 1. The number of rotatable bonds is 3. The van der Waals surface area contributed by atoms with Crippen molar-refractivity contribution >= 4 is 17.3 Å². The Morgan fingerprint density at radius 2 is 2.14 bits per heavy atom. The largest absolute Gasteiger partial charge is 0.341 e. The third kappa shape index (κ3) is 1.73. The first-order valence-electron chi connectivity index (χ1n) is 8.21. The standard InChI is InChI=1S/C18H19N3O/c1-10-3-2-4-12(7-10)18(5-6-18)19-17(22)16-14-9-11-8-13(11)15(14)20-21-16/h2-4,7,11,13-14H,5-6,8-9H2,1H3,(H,19,22). The molecule has 0 saturated heterocycles. The molecule has 1 aliphatic heterocycles. The van der Waals surface area contributed by atoms with Crippen LogP contribution in [0.15, 0.2) is 34.5 Å². The third-order valence-corrected chi connectivity index (χ3v) is 5.71. The molecule has 5 rings (SSSR count). The second-order valence-corrected chi connectivity index (χ2v) is 7.31. The van der Waals surface area contributed by atoms with E-state index in [-0.39, 0.29) is 17.4 Å². The van der Waals surface area contributed by atoms with Crippen molar-refractivity contribution in [1.29, 1.82) is 0 Å². The van der Waals surface area contributed by atoms with E-state index in [0.29, 0.717) is 11.6 Å². The Morgan fingerprint density at radius 3 is 2.91 bits per heavy atom. The summed E-state index contributed by atoms with van der Waals surface area (Å²) in [7, 11) is 0. The van der Waals surface area contributed by atoms with Gasteiger partial charge in [0.25, 0.3) is 5.91 Å². The van der Waals surface area contributed by atoms with Gasteiger partial charge in [0, 0.05) is 11.8 Å². The summed E-state index contributed by atoms with van der Waals surface area (Å²) in [6, 6.07) is 8.45. The van der Waals surface area contributed by atoms with Crippen molar-refractivity contribution in [3.63, 3.8) is 0 Å². The number of hydrogen-bond acceptors (Lipinski definition) is 3. The van der Waals surface area contributed by atoms with Crippen LogP contribution in [0.1, 0.15) is 36.8 Å². The van der Waals surface area contributed by atoms with Crippen LogP contribution in [0.4, 0.5) is 0 Å². The minimum atomic E-state index is -0.171. The first-order chi connectivity index (χ1) is 10.7. The second kappa shape index (κ2) is 4.06. The van der Waals surface area contributed by atoms with Crippen molar-refractivity contribution in [3.8, 4) is 0 Å². The molecule has 1 amide bonds. The SMILES string of the molecule is Cc1cccc(C2(NC(=O)C3=NN=C4C3CC3CC43)CC2)c1. The van der Waals surface area contributed by atoms with Crippen LogP contribution in [0.3, 0.4) is 0 Å². The molecule has 3 saturated carbocycles. The van der Waals surface area contributed by atoms with Crippen molar-refractivity contribution in [2.75, 3.05) is 0 Å². The molecule has 1 aromatic carbocycles. The van der Waals surface area contributed by atoms with Crippen LogP contribution >= 0.6 is 0 Å². The molecule has 0 spiro atoms. The molecular weight excluding hydrogens is 274 g/mol. The monoisotopic (exact) mass is 293 g/mol. The molecule has 1 N–H and O–H groups in total. The van der Waals surface area contributed by atoms with Gasteiger partial charge >= 0.3 is 0 Å². The maximum absolute atomic E-state index is 12.7. The molecule has 1 aromatic rings. The van der Waals surface area contributed by atoms with Gasteiger partial charge in [0.1, 0.15) is 5.71 Å². The van der Waals surface area contributed by atoms with Crippen molar-refractivity contribution in [2.45, 2.75) is 38.1 Å². The predicted octanol–water partition coefficient (Wildman–Crippen LogP) is 2.57. The van der Waals surface area contributed by atoms with Gasteiger partial charge in [-0.3, -0.25) is 4.79 Å². The van der Waals surface area contributed by atoms with Crippen LogP contribution in [0, 0.1) is 24.7 Å². The molecule has 3 atom stereocenters. The highest BCUT2D eigenvalue weighted by Gasteiger charge is 2.56. The fourth-order valence-electron chi connectivity index (χ4n) is 4.17. The first-order valence-corrected chi connectivity index (χ1v) is 8.21. The lowest BCUT2D eigenvalue weighted by molar-refractivity contribution is -0.116. The van der Waals surface area contributed by atoms with Crippen LogP contribution in [0.5, 0.6) is 0 Å². The summed E-state index contributed by atoms with van der Waals surface area (Å²) in [6.45, 7) is 2.09. The van der Waals surface area contributed by atoms with E-state index in [1.807, 2.05) is 0 Å². The summed E-state index contributed by atoms with van der Waals surface area (Å²) in [5.74, 6) is 1.60. The van der Waals surface area contributed by atoms with Gasteiger partial charge in [-0.1, -0.05) is 29.8 Å². The average Bonchev–Trinajstić information content (AvgIpc) is 3.37. The van der Waals surface area contributed by atoms with E-state index >= 15 is 0 Å². The van der Waals surface area contributed by atoms with Crippen LogP contribution in [-0.4, -0.2) is 17.3 Å². The van der Waals surface area contributed by atoms with Gasteiger partial charge in [-0.05, 0) is 44.1 Å².